The van der Waals surface area contributed by atoms with Crippen LogP contribution in [0.3, 0.4) is 0 Å². The zero-order valence-electron chi connectivity index (χ0n) is 10.4. The molecule has 0 aliphatic carbocycles. The maximum absolute atomic E-state index is 11.8. The first-order valence-electron chi connectivity index (χ1n) is 5.97. The quantitative estimate of drug-likeness (QED) is 0.528. The minimum atomic E-state index is 0.652. The van der Waals surface area contributed by atoms with E-state index in [1.165, 1.54) is 6.20 Å². The summed E-state index contributed by atoms with van der Waals surface area (Å²) in [7, 11) is 0. The topological polar surface area (TPSA) is 39.8 Å². The van der Waals surface area contributed by atoms with Gasteiger partial charge < -0.3 is 5.21 Å². The Balaban J connectivity index is 2.11. The smallest absolute Gasteiger partial charge is 0.235 e. The van der Waals surface area contributed by atoms with Crippen LogP contribution in [0.4, 0.5) is 0 Å². The van der Waals surface area contributed by atoms with E-state index in [-0.39, 0.29) is 0 Å². The molecule has 0 atom stereocenters. The Labute approximate surface area is 115 Å². The SMILES string of the molecule is Cc1nc(-c2ccccc2)sc1-c1cccc[n+]1[O-]. The fourth-order valence-electron chi connectivity index (χ4n) is 1.94. The summed E-state index contributed by atoms with van der Waals surface area (Å²) in [5.74, 6) is 0. The van der Waals surface area contributed by atoms with Crippen LogP contribution in [0.2, 0.25) is 0 Å². The molecule has 0 aliphatic rings. The van der Waals surface area contributed by atoms with Crippen LogP contribution in [0, 0.1) is 12.1 Å². The van der Waals surface area contributed by atoms with Crippen molar-refractivity contribution in [3.63, 3.8) is 0 Å². The average Bonchev–Trinajstić information content (AvgIpc) is 2.82. The van der Waals surface area contributed by atoms with Crippen molar-refractivity contribution in [2.24, 2.45) is 0 Å². The first-order valence-corrected chi connectivity index (χ1v) is 6.79. The predicted molar refractivity (Wildman–Crippen MR) is 76.7 cm³/mol. The van der Waals surface area contributed by atoms with E-state index in [4.69, 9.17) is 0 Å². The Morgan fingerprint density at radius 2 is 1.79 bits per heavy atom. The molecule has 0 radical (unpaired) electrons. The molecule has 0 saturated heterocycles. The van der Waals surface area contributed by atoms with Gasteiger partial charge in [0.1, 0.15) is 9.88 Å². The standard InChI is InChI=1S/C15H12N2OS/c1-11-14(13-9-5-6-10-17(13)18)19-15(16-11)12-7-3-2-4-8-12/h2-10H,1H3. The van der Waals surface area contributed by atoms with E-state index in [0.29, 0.717) is 5.69 Å². The molecule has 0 N–H and O–H groups in total. The normalized spacial score (nSPS) is 10.6. The van der Waals surface area contributed by atoms with Gasteiger partial charge in [0.25, 0.3) is 0 Å². The second-order valence-corrected chi connectivity index (χ2v) is 5.21. The van der Waals surface area contributed by atoms with Gasteiger partial charge in [0.15, 0.2) is 6.20 Å². The number of rotatable bonds is 2. The summed E-state index contributed by atoms with van der Waals surface area (Å²) < 4.78 is 0.884. The molecule has 3 aromatic rings. The lowest BCUT2D eigenvalue weighted by molar-refractivity contribution is -0.593. The van der Waals surface area contributed by atoms with Crippen LogP contribution in [0.1, 0.15) is 5.69 Å². The van der Waals surface area contributed by atoms with Crippen LogP contribution in [-0.4, -0.2) is 4.98 Å². The molecule has 0 spiro atoms. The maximum Gasteiger partial charge on any atom is 0.235 e. The van der Waals surface area contributed by atoms with Gasteiger partial charge in [0.2, 0.25) is 5.69 Å². The molecule has 3 rings (SSSR count). The molecule has 4 heteroatoms. The van der Waals surface area contributed by atoms with Gasteiger partial charge in [-0.25, -0.2) is 4.98 Å². The molecule has 0 fully saturated rings. The monoisotopic (exact) mass is 268 g/mol. The largest absolute Gasteiger partial charge is 0.618 e. The minimum Gasteiger partial charge on any atom is -0.618 e. The Morgan fingerprint density at radius 1 is 1.05 bits per heavy atom. The van der Waals surface area contributed by atoms with Crippen LogP contribution in [-0.2, 0) is 0 Å². The fraction of sp³-hybridized carbons (Fsp3) is 0.0667. The van der Waals surface area contributed by atoms with Crippen molar-refractivity contribution < 1.29 is 4.73 Å². The second-order valence-electron chi connectivity index (χ2n) is 4.21. The number of aromatic nitrogens is 2. The number of aryl methyl sites for hydroxylation is 1. The van der Waals surface area contributed by atoms with Crippen molar-refractivity contribution in [1.82, 2.24) is 4.98 Å². The lowest BCUT2D eigenvalue weighted by atomic mass is 10.2. The highest BCUT2D eigenvalue weighted by Gasteiger charge is 2.16. The lowest BCUT2D eigenvalue weighted by Gasteiger charge is -2.01. The van der Waals surface area contributed by atoms with E-state index >= 15 is 0 Å². The van der Waals surface area contributed by atoms with E-state index in [9.17, 15) is 5.21 Å². The lowest BCUT2D eigenvalue weighted by Crippen LogP contribution is -2.27. The summed E-state index contributed by atoms with van der Waals surface area (Å²) >= 11 is 1.55. The number of pyridine rings is 1. The number of thiazole rings is 1. The third-order valence-electron chi connectivity index (χ3n) is 2.87. The fourth-order valence-corrected chi connectivity index (χ4v) is 3.03. The highest BCUT2D eigenvalue weighted by Crippen LogP contribution is 2.33. The average molecular weight is 268 g/mol. The van der Waals surface area contributed by atoms with Gasteiger partial charge in [-0.1, -0.05) is 30.3 Å². The molecule has 2 aromatic heterocycles. The highest BCUT2D eigenvalue weighted by molar-refractivity contribution is 7.18. The summed E-state index contributed by atoms with van der Waals surface area (Å²) in [6.07, 6.45) is 1.51. The Bertz CT molecular complexity index is 707. The predicted octanol–water partition coefficient (Wildman–Crippen LogP) is 3.42. The van der Waals surface area contributed by atoms with E-state index in [0.717, 1.165) is 25.9 Å². The molecule has 94 valence electrons. The van der Waals surface area contributed by atoms with Crippen LogP contribution in [0.25, 0.3) is 21.1 Å². The number of nitrogens with zero attached hydrogens (tertiary/aromatic N) is 2. The first-order chi connectivity index (χ1) is 9.25. The molecule has 3 nitrogen and oxygen atoms in total. The molecule has 0 aliphatic heterocycles. The molecule has 0 unspecified atom stereocenters. The van der Waals surface area contributed by atoms with Gasteiger partial charge in [0, 0.05) is 17.7 Å². The van der Waals surface area contributed by atoms with Gasteiger partial charge >= 0.3 is 0 Å². The third kappa shape index (κ3) is 2.22. The van der Waals surface area contributed by atoms with E-state index in [1.54, 1.807) is 17.4 Å². The zero-order valence-corrected chi connectivity index (χ0v) is 11.2. The number of benzene rings is 1. The molecular formula is C15H12N2OS. The van der Waals surface area contributed by atoms with Crippen LogP contribution in [0.5, 0.6) is 0 Å². The molecule has 0 saturated carbocycles. The van der Waals surface area contributed by atoms with Crippen molar-refractivity contribution in [3.8, 4) is 21.1 Å². The minimum absolute atomic E-state index is 0.652. The Hall–Kier alpha value is -2.20. The molecule has 0 bridgehead atoms. The molecular weight excluding hydrogens is 256 g/mol. The maximum atomic E-state index is 11.8. The highest BCUT2D eigenvalue weighted by atomic mass is 32.1. The number of hydrogen-bond acceptors (Lipinski definition) is 3. The van der Waals surface area contributed by atoms with E-state index in [2.05, 4.69) is 4.98 Å². The molecule has 19 heavy (non-hydrogen) atoms. The summed E-state index contributed by atoms with van der Waals surface area (Å²) in [5.41, 5.74) is 2.62. The van der Waals surface area contributed by atoms with E-state index in [1.807, 2.05) is 49.4 Å². The van der Waals surface area contributed by atoms with Crippen LogP contribution < -0.4 is 4.73 Å². The van der Waals surface area contributed by atoms with Crippen molar-refractivity contribution >= 4 is 11.3 Å². The third-order valence-corrected chi connectivity index (χ3v) is 4.10. The van der Waals surface area contributed by atoms with Crippen molar-refractivity contribution in [2.45, 2.75) is 6.92 Å². The van der Waals surface area contributed by atoms with E-state index < -0.39 is 0 Å². The number of hydrogen-bond donors (Lipinski definition) is 0. The molecule has 2 heterocycles. The summed E-state index contributed by atoms with van der Waals surface area (Å²) in [4.78, 5) is 5.49. The van der Waals surface area contributed by atoms with Crippen molar-refractivity contribution in [3.05, 3.63) is 65.6 Å². The van der Waals surface area contributed by atoms with Crippen LogP contribution in [0.15, 0.2) is 54.7 Å². The van der Waals surface area contributed by atoms with Gasteiger partial charge in [-0.2, -0.15) is 4.73 Å². The second kappa shape index (κ2) is 4.82. The van der Waals surface area contributed by atoms with Gasteiger partial charge in [-0.3, -0.25) is 0 Å². The first kappa shape index (κ1) is 11.9. The molecule has 1 aromatic carbocycles. The zero-order chi connectivity index (χ0) is 13.2. The Kier molecular flexibility index (Phi) is 3.01. The van der Waals surface area contributed by atoms with Gasteiger partial charge in [-0.05, 0) is 13.0 Å². The summed E-state index contributed by atoms with van der Waals surface area (Å²) in [5, 5.41) is 12.8. The molecule has 0 amide bonds. The van der Waals surface area contributed by atoms with Gasteiger partial charge in [0.05, 0.1) is 5.69 Å². The Morgan fingerprint density at radius 3 is 2.53 bits per heavy atom. The van der Waals surface area contributed by atoms with Crippen molar-refractivity contribution in [1.29, 1.82) is 0 Å². The van der Waals surface area contributed by atoms with Gasteiger partial charge in [-0.15, -0.1) is 11.3 Å². The van der Waals surface area contributed by atoms with Crippen LogP contribution >= 0.6 is 11.3 Å². The summed E-state index contributed by atoms with van der Waals surface area (Å²) in [6.45, 7) is 1.94. The van der Waals surface area contributed by atoms with Crippen molar-refractivity contribution in [2.75, 3.05) is 0 Å². The summed E-state index contributed by atoms with van der Waals surface area (Å²) in [6, 6.07) is 15.4.